The second-order valence-corrected chi connectivity index (χ2v) is 2.97. The molecule has 1 rings (SSSR count). The van der Waals surface area contributed by atoms with Gasteiger partial charge in [-0.1, -0.05) is 19.3 Å². The fourth-order valence-corrected chi connectivity index (χ4v) is 1.37. The molecule has 1 aliphatic rings. The van der Waals surface area contributed by atoms with E-state index >= 15 is 0 Å². The summed E-state index contributed by atoms with van der Waals surface area (Å²) in [4.78, 5) is 0. The van der Waals surface area contributed by atoms with Crippen LogP contribution < -0.4 is 11.5 Å². The molecule has 0 radical (unpaired) electrons. The zero-order valence-electron chi connectivity index (χ0n) is 5.84. The molecule has 0 aromatic rings. The molecule has 0 aromatic heterocycles. The van der Waals surface area contributed by atoms with Gasteiger partial charge in [0.1, 0.15) is 0 Å². The lowest BCUT2D eigenvalue weighted by Crippen LogP contribution is -2.40. The summed E-state index contributed by atoms with van der Waals surface area (Å²) >= 11 is 0. The fourth-order valence-electron chi connectivity index (χ4n) is 1.37. The van der Waals surface area contributed by atoms with Crippen molar-refractivity contribution in [2.24, 2.45) is 11.5 Å². The minimum Gasteiger partial charge on any atom is -0.326 e. The van der Waals surface area contributed by atoms with Crippen molar-refractivity contribution in [3.63, 3.8) is 0 Å². The number of nitrogens with two attached hydrogens (primary N) is 2. The summed E-state index contributed by atoms with van der Waals surface area (Å²) in [5.74, 6) is 0. The van der Waals surface area contributed by atoms with Crippen LogP contribution in [0.5, 0.6) is 0 Å². The lowest BCUT2D eigenvalue weighted by atomic mass is 10.1. The zero-order chi connectivity index (χ0) is 6.69. The Kier molecular flexibility index (Phi) is 2.49. The maximum Gasteiger partial charge on any atom is 0.0192 e. The molecular weight excluding hydrogens is 112 g/mol. The fraction of sp³-hybridized carbons (Fsp3) is 1.00. The maximum absolute atomic E-state index is 5.75. The predicted molar refractivity (Wildman–Crippen MR) is 39.0 cm³/mol. The van der Waals surface area contributed by atoms with Crippen LogP contribution in [-0.2, 0) is 0 Å². The number of hydrogen-bond donors (Lipinski definition) is 2. The van der Waals surface area contributed by atoms with Crippen LogP contribution in [0.15, 0.2) is 0 Å². The average Bonchev–Trinajstić information content (AvgIpc) is 1.99. The van der Waals surface area contributed by atoms with Gasteiger partial charge in [-0.3, -0.25) is 0 Å². The Hall–Kier alpha value is -0.0800. The van der Waals surface area contributed by atoms with Gasteiger partial charge in [-0.15, -0.1) is 0 Å². The Balaban J connectivity index is 2.32. The summed E-state index contributed by atoms with van der Waals surface area (Å²) in [6, 6.07) is 0.542. The molecular formula is C7H16N2. The summed E-state index contributed by atoms with van der Waals surface area (Å²) in [6.07, 6.45) is 6.12. The topological polar surface area (TPSA) is 52.0 Å². The van der Waals surface area contributed by atoms with Crippen molar-refractivity contribution in [2.45, 2.75) is 44.2 Å². The van der Waals surface area contributed by atoms with Crippen molar-refractivity contribution in [2.75, 3.05) is 0 Å². The second-order valence-electron chi connectivity index (χ2n) is 2.97. The highest BCUT2D eigenvalue weighted by Gasteiger charge is 2.15. The molecule has 54 valence electrons. The molecule has 9 heavy (non-hydrogen) atoms. The van der Waals surface area contributed by atoms with E-state index in [-0.39, 0.29) is 12.1 Å². The molecule has 2 atom stereocenters. The van der Waals surface area contributed by atoms with E-state index in [1.54, 1.807) is 0 Å². The summed E-state index contributed by atoms with van der Waals surface area (Å²) in [5.41, 5.74) is 11.5. The van der Waals surface area contributed by atoms with E-state index in [1.165, 1.54) is 19.3 Å². The first-order chi connectivity index (χ1) is 4.30. The molecule has 0 aliphatic heterocycles. The van der Waals surface area contributed by atoms with E-state index < -0.39 is 0 Å². The second kappa shape index (κ2) is 3.18. The van der Waals surface area contributed by atoms with E-state index in [0.29, 0.717) is 0 Å². The first kappa shape index (κ1) is 7.03. The van der Waals surface area contributed by atoms with Gasteiger partial charge < -0.3 is 11.5 Å². The Morgan fingerprint density at radius 1 is 0.778 bits per heavy atom. The standard InChI is InChI=1S/C7H16N2/c8-6-4-2-1-3-5-7(6)9/h6-7H,1-5,8-9H2/t6-,7?/m0/s1. The smallest absolute Gasteiger partial charge is 0.0192 e. The lowest BCUT2D eigenvalue weighted by Gasteiger charge is -2.14. The van der Waals surface area contributed by atoms with Gasteiger partial charge in [0.25, 0.3) is 0 Å². The van der Waals surface area contributed by atoms with Crippen molar-refractivity contribution in [1.82, 2.24) is 0 Å². The van der Waals surface area contributed by atoms with Crippen LogP contribution in [0, 0.1) is 0 Å². The van der Waals surface area contributed by atoms with Gasteiger partial charge in [0, 0.05) is 12.1 Å². The van der Waals surface area contributed by atoms with Crippen molar-refractivity contribution in [3.05, 3.63) is 0 Å². The molecule has 0 amide bonds. The molecule has 0 aromatic carbocycles. The van der Waals surface area contributed by atoms with Crippen LogP contribution in [0.3, 0.4) is 0 Å². The lowest BCUT2D eigenvalue weighted by molar-refractivity contribution is 0.500. The van der Waals surface area contributed by atoms with Gasteiger partial charge in [-0.05, 0) is 12.8 Å². The SMILES string of the molecule is NC1CCCCC[C@@H]1N. The largest absolute Gasteiger partial charge is 0.326 e. The highest BCUT2D eigenvalue weighted by molar-refractivity contribution is 4.78. The van der Waals surface area contributed by atoms with Gasteiger partial charge in [-0.2, -0.15) is 0 Å². The molecule has 1 fully saturated rings. The molecule has 2 nitrogen and oxygen atoms in total. The molecule has 0 bridgehead atoms. The normalized spacial score (nSPS) is 38.0. The first-order valence-electron chi connectivity index (χ1n) is 3.82. The zero-order valence-corrected chi connectivity index (χ0v) is 5.84. The van der Waals surface area contributed by atoms with Crippen LogP contribution in [0.1, 0.15) is 32.1 Å². The van der Waals surface area contributed by atoms with Gasteiger partial charge >= 0.3 is 0 Å². The summed E-state index contributed by atoms with van der Waals surface area (Å²) < 4.78 is 0. The minimum absolute atomic E-state index is 0.271. The monoisotopic (exact) mass is 128 g/mol. The molecule has 1 saturated carbocycles. The Morgan fingerprint density at radius 3 is 1.67 bits per heavy atom. The molecule has 1 unspecified atom stereocenters. The number of hydrogen-bond acceptors (Lipinski definition) is 2. The third-order valence-corrected chi connectivity index (χ3v) is 2.12. The van der Waals surface area contributed by atoms with E-state index in [1.807, 2.05) is 0 Å². The van der Waals surface area contributed by atoms with Gasteiger partial charge in [0.05, 0.1) is 0 Å². The van der Waals surface area contributed by atoms with Gasteiger partial charge in [0.2, 0.25) is 0 Å². The van der Waals surface area contributed by atoms with Crippen molar-refractivity contribution in [1.29, 1.82) is 0 Å². The Morgan fingerprint density at radius 2 is 1.22 bits per heavy atom. The van der Waals surface area contributed by atoms with Crippen LogP contribution >= 0.6 is 0 Å². The molecule has 1 aliphatic carbocycles. The minimum atomic E-state index is 0.271. The summed E-state index contributed by atoms with van der Waals surface area (Å²) in [5, 5.41) is 0. The van der Waals surface area contributed by atoms with Crippen molar-refractivity contribution in [3.8, 4) is 0 Å². The highest BCUT2D eigenvalue weighted by atomic mass is 14.8. The van der Waals surface area contributed by atoms with Crippen LogP contribution in [-0.4, -0.2) is 12.1 Å². The van der Waals surface area contributed by atoms with E-state index in [9.17, 15) is 0 Å². The van der Waals surface area contributed by atoms with E-state index in [2.05, 4.69) is 0 Å². The Bertz CT molecular complexity index is 73.0. The predicted octanol–water partition coefficient (Wildman–Crippen LogP) is 0.605. The molecule has 4 N–H and O–H groups in total. The van der Waals surface area contributed by atoms with Gasteiger partial charge in [-0.25, -0.2) is 0 Å². The Labute approximate surface area is 56.6 Å². The quantitative estimate of drug-likeness (QED) is 0.469. The summed E-state index contributed by atoms with van der Waals surface area (Å²) in [6.45, 7) is 0. The maximum atomic E-state index is 5.75. The van der Waals surface area contributed by atoms with Gasteiger partial charge in [0.15, 0.2) is 0 Å². The first-order valence-corrected chi connectivity index (χ1v) is 3.82. The molecule has 2 heteroatoms. The highest BCUT2D eigenvalue weighted by Crippen LogP contribution is 2.14. The third-order valence-electron chi connectivity index (χ3n) is 2.12. The van der Waals surface area contributed by atoms with Crippen molar-refractivity contribution < 1.29 is 0 Å². The van der Waals surface area contributed by atoms with Crippen LogP contribution in [0.25, 0.3) is 0 Å². The average molecular weight is 128 g/mol. The van der Waals surface area contributed by atoms with E-state index in [4.69, 9.17) is 11.5 Å². The van der Waals surface area contributed by atoms with Crippen LogP contribution in [0.2, 0.25) is 0 Å². The molecule has 0 spiro atoms. The summed E-state index contributed by atoms with van der Waals surface area (Å²) in [7, 11) is 0. The molecule has 0 saturated heterocycles. The van der Waals surface area contributed by atoms with Crippen molar-refractivity contribution >= 4 is 0 Å². The van der Waals surface area contributed by atoms with E-state index in [0.717, 1.165) is 12.8 Å². The molecule has 0 heterocycles. The number of rotatable bonds is 0. The van der Waals surface area contributed by atoms with Crippen LogP contribution in [0.4, 0.5) is 0 Å². The third kappa shape index (κ3) is 1.95.